The van der Waals surface area contributed by atoms with Crippen molar-refractivity contribution in [3.05, 3.63) is 59.8 Å². The number of rotatable bonds is 6. The summed E-state index contributed by atoms with van der Waals surface area (Å²) in [6, 6.07) is 14.1. The highest BCUT2D eigenvalue weighted by atomic mass is 16.2. The van der Waals surface area contributed by atoms with Gasteiger partial charge in [0.2, 0.25) is 11.8 Å². The molecule has 2 heterocycles. The zero-order valence-electron chi connectivity index (χ0n) is 14.9. The molecule has 1 aromatic carbocycles. The van der Waals surface area contributed by atoms with Gasteiger partial charge in [-0.25, -0.2) is 4.98 Å². The molecule has 1 unspecified atom stereocenters. The number of anilines is 1. The van der Waals surface area contributed by atoms with Crippen molar-refractivity contribution < 1.29 is 9.59 Å². The molecule has 1 aliphatic heterocycles. The number of piperidine rings is 1. The first kappa shape index (κ1) is 17.9. The fourth-order valence-electron chi connectivity index (χ4n) is 3.13. The molecule has 1 saturated heterocycles. The Labute approximate surface area is 153 Å². The second-order valence-electron chi connectivity index (χ2n) is 6.59. The highest BCUT2D eigenvalue weighted by Gasteiger charge is 2.24. The van der Waals surface area contributed by atoms with Crippen molar-refractivity contribution >= 4 is 17.6 Å². The lowest BCUT2D eigenvalue weighted by Gasteiger charge is -2.23. The topological polar surface area (TPSA) is 74.3 Å². The molecule has 1 aromatic heterocycles. The van der Waals surface area contributed by atoms with Gasteiger partial charge in [-0.3, -0.25) is 9.59 Å². The van der Waals surface area contributed by atoms with Crippen LogP contribution in [0, 0.1) is 5.92 Å². The van der Waals surface area contributed by atoms with E-state index in [1.165, 1.54) is 5.56 Å². The number of carbonyl (C=O) groups excluding carboxylic acids is 2. The van der Waals surface area contributed by atoms with Crippen LogP contribution in [0.3, 0.4) is 0 Å². The van der Waals surface area contributed by atoms with Crippen LogP contribution in [0.1, 0.15) is 24.0 Å². The second-order valence-corrected chi connectivity index (χ2v) is 6.59. The van der Waals surface area contributed by atoms with E-state index in [-0.39, 0.29) is 17.7 Å². The van der Waals surface area contributed by atoms with Crippen LogP contribution in [0.25, 0.3) is 0 Å². The van der Waals surface area contributed by atoms with Crippen LogP contribution >= 0.6 is 0 Å². The van der Waals surface area contributed by atoms with E-state index in [0.717, 1.165) is 17.9 Å². The van der Waals surface area contributed by atoms with Gasteiger partial charge >= 0.3 is 0 Å². The van der Waals surface area contributed by atoms with E-state index in [4.69, 9.17) is 0 Å². The Bertz CT molecular complexity index is 753. The van der Waals surface area contributed by atoms with E-state index in [9.17, 15) is 9.59 Å². The SMILES string of the molecule is CN(Cc1ccccc1)c1ncccc1CNC(=O)C1CCC(=O)NC1. The number of pyridine rings is 1. The fraction of sp³-hybridized carbons (Fsp3) is 0.350. The summed E-state index contributed by atoms with van der Waals surface area (Å²) in [5.74, 6) is 0.695. The van der Waals surface area contributed by atoms with Crippen LogP contribution in [-0.4, -0.2) is 30.4 Å². The Balaban J connectivity index is 1.61. The monoisotopic (exact) mass is 352 g/mol. The van der Waals surface area contributed by atoms with Crippen molar-refractivity contribution in [3.63, 3.8) is 0 Å². The van der Waals surface area contributed by atoms with Crippen LogP contribution in [0.5, 0.6) is 0 Å². The smallest absolute Gasteiger partial charge is 0.225 e. The summed E-state index contributed by atoms with van der Waals surface area (Å²) in [5, 5.41) is 5.73. The van der Waals surface area contributed by atoms with Crippen molar-refractivity contribution in [1.82, 2.24) is 15.6 Å². The molecule has 2 amide bonds. The number of aromatic nitrogens is 1. The molecule has 2 aromatic rings. The Morgan fingerprint density at radius 1 is 1.27 bits per heavy atom. The largest absolute Gasteiger partial charge is 0.355 e. The van der Waals surface area contributed by atoms with Crippen LogP contribution < -0.4 is 15.5 Å². The third-order valence-corrected chi connectivity index (χ3v) is 4.58. The number of hydrogen-bond acceptors (Lipinski definition) is 4. The molecule has 0 bridgehead atoms. The molecule has 136 valence electrons. The number of nitrogens with one attached hydrogen (secondary N) is 2. The Morgan fingerprint density at radius 3 is 2.81 bits per heavy atom. The van der Waals surface area contributed by atoms with Crippen molar-refractivity contribution in [2.75, 3.05) is 18.5 Å². The standard InChI is InChI=1S/C20H24N4O2/c1-24(14-15-6-3-2-4-7-15)19-16(8-5-11-21-19)12-23-20(26)17-9-10-18(25)22-13-17/h2-8,11,17H,9-10,12-14H2,1H3,(H,22,25)(H,23,26). The van der Waals surface area contributed by atoms with Crippen molar-refractivity contribution in [2.24, 2.45) is 5.92 Å². The minimum absolute atomic E-state index is 0.0196. The maximum Gasteiger partial charge on any atom is 0.225 e. The van der Waals surface area contributed by atoms with E-state index < -0.39 is 0 Å². The normalized spacial score (nSPS) is 16.7. The molecule has 1 aliphatic rings. The minimum Gasteiger partial charge on any atom is -0.355 e. The molecule has 26 heavy (non-hydrogen) atoms. The lowest BCUT2D eigenvalue weighted by molar-refractivity contribution is -0.129. The summed E-state index contributed by atoms with van der Waals surface area (Å²) < 4.78 is 0. The fourth-order valence-corrected chi connectivity index (χ4v) is 3.13. The van der Waals surface area contributed by atoms with Crippen molar-refractivity contribution in [2.45, 2.75) is 25.9 Å². The van der Waals surface area contributed by atoms with Crippen LogP contribution in [0.2, 0.25) is 0 Å². The number of hydrogen-bond donors (Lipinski definition) is 2. The van der Waals surface area contributed by atoms with Gasteiger partial charge in [0.25, 0.3) is 0 Å². The summed E-state index contributed by atoms with van der Waals surface area (Å²) in [7, 11) is 2.00. The Kier molecular flexibility index (Phi) is 5.84. The summed E-state index contributed by atoms with van der Waals surface area (Å²) >= 11 is 0. The first-order chi connectivity index (χ1) is 12.6. The van der Waals surface area contributed by atoms with E-state index in [1.807, 2.05) is 37.4 Å². The lowest BCUT2D eigenvalue weighted by Crippen LogP contribution is -2.42. The van der Waals surface area contributed by atoms with Crippen LogP contribution in [0.15, 0.2) is 48.7 Å². The Hall–Kier alpha value is -2.89. The average molecular weight is 352 g/mol. The van der Waals surface area contributed by atoms with Gasteiger partial charge in [0.15, 0.2) is 0 Å². The van der Waals surface area contributed by atoms with Crippen LogP contribution in [0.4, 0.5) is 5.82 Å². The maximum absolute atomic E-state index is 12.4. The van der Waals surface area contributed by atoms with Gasteiger partial charge in [0.1, 0.15) is 5.82 Å². The molecule has 0 saturated carbocycles. The molecule has 0 aliphatic carbocycles. The zero-order chi connectivity index (χ0) is 18.4. The lowest BCUT2D eigenvalue weighted by atomic mass is 9.98. The van der Waals surface area contributed by atoms with Gasteiger partial charge in [-0.15, -0.1) is 0 Å². The number of amides is 2. The van der Waals surface area contributed by atoms with Gasteiger partial charge in [-0.2, -0.15) is 0 Å². The van der Waals surface area contributed by atoms with Crippen molar-refractivity contribution in [3.8, 4) is 0 Å². The first-order valence-electron chi connectivity index (χ1n) is 8.87. The molecule has 1 fully saturated rings. The van der Waals surface area contributed by atoms with Crippen molar-refractivity contribution in [1.29, 1.82) is 0 Å². The Morgan fingerprint density at radius 2 is 2.08 bits per heavy atom. The van der Waals surface area contributed by atoms with E-state index >= 15 is 0 Å². The summed E-state index contributed by atoms with van der Waals surface area (Å²) in [6.45, 7) is 1.58. The highest BCUT2D eigenvalue weighted by molar-refractivity contribution is 5.83. The molecule has 0 radical (unpaired) electrons. The maximum atomic E-state index is 12.4. The van der Waals surface area contributed by atoms with Gasteiger partial charge < -0.3 is 15.5 Å². The van der Waals surface area contributed by atoms with E-state index in [2.05, 4.69) is 32.7 Å². The third kappa shape index (κ3) is 4.59. The van der Waals surface area contributed by atoms with Gasteiger partial charge in [0.05, 0.1) is 5.92 Å². The average Bonchev–Trinajstić information content (AvgIpc) is 2.67. The zero-order valence-corrected chi connectivity index (χ0v) is 14.9. The molecule has 0 spiro atoms. The molecule has 6 nitrogen and oxygen atoms in total. The molecule has 3 rings (SSSR count). The molecule has 6 heteroatoms. The number of benzene rings is 1. The summed E-state index contributed by atoms with van der Waals surface area (Å²) in [4.78, 5) is 30.2. The quantitative estimate of drug-likeness (QED) is 0.832. The molecular weight excluding hydrogens is 328 g/mol. The van der Waals surface area contributed by atoms with E-state index in [1.54, 1.807) is 6.20 Å². The van der Waals surface area contributed by atoms with Gasteiger partial charge in [-0.05, 0) is 18.1 Å². The number of nitrogens with zero attached hydrogens (tertiary/aromatic N) is 2. The third-order valence-electron chi connectivity index (χ3n) is 4.58. The molecule has 1 atom stereocenters. The van der Waals surface area contributed by atoms with Gasteiger partial charge in [0, 0.05) is 44.9 Å². The predicted molar refractivity (Wildman–Crippen MR) is 100 cm³/mol. The highest BCUT2D eigenvalue weighted by Crippen LogP contribution is 2.18. The number of carbonyl (C=O) groups is 2. The first-order valence-corrected chi connectivity index (χ1v) is 8.87. The summed E-state index contributed by atoms with van der Waals surface area (Å²) in [6.07, 6.45) is 2.78. The predicted octanol–water partition coefficient (Wildman–Crippen LogP) is 1.86. The van der Waals surface area contributed by atoms with Gasteiger partial charge in [-0.1, -0.05) is 36.4 Å². The molecule has 2 N–H and O–H groups in total. The minimum atomic E-state index is -0.158. The summed E-state index contributed by atoms with van der Waals surface area (Å²) in [5.41, 5.74) is 2.17. The van der Waals surface area contributed by atoms with Crippen LogP contribution in [-0.2, 0) is 22.7 Å². The van der Waals surface area contributed by atoms with E-state index in [0.29, 0.717) is 25.9 Å². The molecular formula is C20H24N4O2. The second kappa shape index (κ2) is 8.47.